The lowest BCUT2D eigenvalue weighted by molar-refractivity contribution is 0.110. The fraction of sp³-hybridized carbons (Fsp3) is 0. The van der Waals surface area contributed by atoms with Crippen LogP contribution < -0.4 is 0 Å². The molecular weight excluding hydrogens is 244 g/mol. The maximum Gasteiger partial charge on any atom is 0.294 e. The summed E-state index contributed by atoms with van der Waals surface area (Å²) >= 11 is 0. The highest BCUT2D eigenvalue weighted by molar-refractivity contribution is 7.85. The predicted octanol–water partition coefficient (Wildman–Crippen LogP) is 2.01. The van der Waals surface area contributed by atoms with Gasteiger partial charge in [0.25, 0.3) is 10.1 Å². The van der Waals surface area contributed by atoms with Crippen molar-refractivity contribution in [2.75, 3.05) is 0 Å². The Balaban J connectivity index is 2.38. The second kappa shape index (κ2) is 4.15. The monoisotopic (exact) mass is 252 g/mol. The summed E-state index contributed by atoms with van der Waals surface area (Å²) in [6, 6.07) is 8.60. The highest BCUT2D eigenvalue weighted by Gasteiger charge is 2.10. The first-order chi connectivity index (χ1) is 8.00. The maximum absolute atomic E-state index is 10.8. The molecule has 0 saturated carbocycles. The van der Waals surface area contributed by atoms with E-state index < -0.39 is 10.1 Å². The van der Waals surface area contributed by atoms with E-state index in [2.05, 4.69) is 0 Å². The molecule has 6 heteroatoms. The Morgan fingerprint density at radius 2 is 1.71 bits per heavy atom. The van der Waals surface area contributed by atoms with Crippen LogP contribution in [0.15, 0.2) is 45.7 Å². The van der Waals surface area contributed by atoms with E-state index in [1.807, 2.05) is 0 Å². The van der Waals surface area contributed by atoms with E-state index in [9.17, 15) is 13.2 Å². The van der Waals surface area contributed by atoms with Crippen molar-refractivity contribution in [1.29, 1.82) is 0 Å². The zero-order chi connectivity index (χ0) is 12.5. The van der Waals surface area contributed by atoms with Gasteiger partial charge >= 0.3 is 0 Å². The van der Waals surface area contributed by atoms with Crippen LogP contribution in [0.5, 0.6) is 0 Å². The van der Waals surface area contributed by atoms with Gasteiger partial charge in [-0.15, -0.1) is 0 Å². The number of furan rings is 1. The number of carbonyl (C=O) groups excluding carboxylic acids is 1. The minimum absolute atomic E-state index is 0.191. The molecule has 88 valence electrons. The fourth-order valence-electron chi connectivity index (χ4n) is 1.36. The van der Waals surface area contributed by atoms with E-state index >= 15 is 0 Å². The summed E-state index contributed by atoms with van der Waals surface area (Å²) in [6.07, 6.45) is 0.579. The van der Waals surface area contributed by atoms with Crippen LogP contribution in [0.4, 0.5) is 0 Å². The van der Waals surface area contributed by atoms with E-state index in [0.717, 1.165) is 0 Å². The predicted molar refractivity (Wildman–Crippen MR) is 59.3 cm³/mol. The molecule has 0 unspecified atom stereocenters. The molecule has 17 heavy (non-hydrogen) atoms. The Morgan fingerprint density at radius 1 is 1.06 bits per heavy atom. The highest BCUT2D eigenvalue weighted by Crippen LogP contribution is 2.23. The summed E-state index contributed by atoms with van der Waals surface area (Å²) in [6.45, 7) is 0. The molecule has 0 aliphatic heterocycles. The molecule has 0 spiro atoms. The van der Waals surface area contributed by atoms with Crippen LogP contribution in [-0.2, 0) is 10.1 Å². The van der Waals surface area contributed by atoms with Gasteiger partial charge in [0.05, 0.1) is 4.90 Å². The van der Waals surface area contributed by atoms with E-state index in [0.29, 0.717) is 17.6 Å². The van der Waals surface area contributed by atoms with Gasteiger partial charge in [0, 0.05) is 5.56 Å². The van der Waals surface area contributed by atoms with Crippen LogP contribution in [0, 0.1) is 0 Å². The summed E-state index contributed by atoms with van der Waals surface area (Å²) in [7, 11) is -4.19. The Labute approximate surface area is 97.4 Å². The third kappa shape index (κ3) is 2.43. The first-order valence-electron chi connectivity index (χ1n) is 4.63. The number of aldehydes is 1. The quantitative estimate of drug-likeness (QED) is 0.667. The molecule has 0 bridgehead atoms. The Hall–Kier alpha value is -1.92. The second-order valence-electron chi connectivity index (χ2n) is 3.32. The van der Waals surface area contributed by atoms with Gasteiger partial charge in [0.15, 0.2) is 12.0 Å². The van der Waals surface area contributed by atoms with Gasteiger partial charge < -0.3 is 4.42 Å². The van der Waals surface area contributed by atoms with Gasteiger partial charge in [-0.2, -0.15) is 8.42 Å². The molecule has 0 aliphatic carbocycles. The van der Waals surface area contributed by atoms with E-state index in [-0.39, 0.29) is 10.7 Å². The Morgan fingerprint density at radius 3 is 2.18 bits per heavy atom. The van der Waals surface area contributed by atoms with Crippen molar-refractivity contribution in [2.24, 2.45) is 0 Å². The van der Waals surface area contributed by atoms with Gasteiger partial charge in [0.2, 0.25) is 0 Å². The lowest BCUT2D eigenvalue weighted by Crippen LogP contribution is -1.96. The normalized spacial score (nSPS) is 11.4. The van der Waals surface area contributed by atoms with Crippen LogP contribution >= 0.6 is 0 Å². The van der Waals surface area contributed by atoms with Crippen molar-refractivity contribution in [3.05, 3.63) is 42.2 Å². The lowest BCUT2D eigenvalue weighted by atomic mass is 10.2. The third-order valence-corrected chi connectivity index (χ3v) is 3.05. The number of rotatable bonds is 3. The van der Waals surface area contributed by atoms with Crippen LogP contribution in [-0.4, -0.2) is 19.3 Å². The van der Waals surface area contributed by atoms with Crippen LogP contribution in [0.1, 0.15) is 10.6 Å². The van der Waals surface area contributed by atoms with Gasteiger partial charge in [-0.05, 0) is 36.4 Å². The van der Waals surface area contributed by atoms with E-state index in [4.69, 9.17) is 8.97 Å². The van der Waals surface area contributed by atoms with E-state index in [1.54, 1.807) is 6.07 Å². The number of carbonyl (C=O) groups is 1. The first-order valence-corrected chi connectivity index (χ1v) is 6.07. The molecule has 2 aromatic rings. The average molecular weight is 252 g/mol. The van der Waals surface area contributed by atoms with Gasteiger partial charge in [0.1, 0.15) is 5.76 Å². The van der Waals surface area contributed by atoms with Crippen molar-refractivity contribution >= 4 is 16.4 Å². The average Bonchev–Trinajstić information content (AvgIpc) is 2.76. The molecule has 1 aromatic carbocycles. The zero-order valence-corrected chi connectivity index (χ0v) is 9.35. The largest absolute Gasteiger partial charge is 0.453 e. The van der Waals surface area contributed by atoms with Gasteiger partial charge in [-0.3, -0.25) is 9.35 Å². The molecule has 0 fully saturated rings. The summed E-state index contributed by atoms with van der Waals surface area (Å²) in [5.41, 5.74) is 0.616. The van der Waals surface area contributed by atoms with Crippen LogP contribution in [0.25, 0.3) is 11.3 Å². The number of hydrogen-bond acceptors (Lipinski definition) is 4. The minimum atomic E-state index is -4.19. The molecule has 0 radical (unpaired) electrons. The standard InChI is InChI=1S/C11H8O5S/c12-7-9-3-6-11(16-9)8-1-4-10(5-2-8)17(13,14)15/h1-7H,(H,13,14,15). The van der Waals surface area contributed by atoms with Crippen molar-refractivity contribution in [2.45, 2.75) is 4.90 Å². The smallest absolute Gasteiger partial charge is 0.294 e. The SMILES string of the molecule is O=Cc1ccc(-c2ccc(S(=O)(=O)O)cc2)o1. The highest BCUT2D eigenvalue weighted by atomic mass is 32.2. The van der Waals surface area contributed by atoms with Crippen LogP contribution in [0.2, 0.25) is 0 Å². The maximum atomic E-state index is 10.8. The van der Waals surface area contributed by atoms with Gasteiger partial charge in [-0.1, -0.05) is 0 Å². The molecule has 1 aromatic heterocycles. The van der Waals surface area contributed by atoms with Crippen LogP contribution in [0.3, 0.4) is 0 Å². The second-order valence-corrected chi connectivity index (χ2v) is 4.74. The Bertz CT molecular complexity index is 637. The molecule has 1 N–H and O–H groups in total. The fourth-order valence-corrected chi connectivity index (χ4v) is 1.84. The molecule has 0 aliphatic rings. The van der Waals surface area contributed by atoms with Gasteiger partial charge in [-0.25, -0.2) is 0 Å². The zero-order valence-electron chi connectivity index (χ0n) is 8.53. The number of benzene rings is 1. The molecular formula is C11H8O5S. The van der Waals surface area contributed by atoms with Crippen molar-refractivity contribution < 1.29 is 22.2 Å². The summed E-state index contributed by atoms with van der Waals surface area (Å²) in [5.74, 6) is 0.646. The molecule has 2 rings (SSSR count). The number of hydrogen-bond donors (Lipinski definition) is 1. The molecule has 1 heterocycles. The van der Waals surface area contributed by atoms with Crippen molar-refractivity contribution in [3.63, 3.8) is 0 Å². The summed E-state index contributed by atoms with van der Waals surface area (Å²) in [4.78, 5) is 10.2. The minimum Gasteiger partial charge on any atom is -0.453 e. The topological polar surface area (TPSA) is 84.6 Å². The Kier molecular flexibility index (Phi) is 2.83. The molecule has 0 amide bonds. The summed E-state index contributed by atoms with van der Waals surface area (Å²) < 4.78 is 35.6. The lowest BCUT2D eigenvalue weighted by Gasteiger charge is -1.99. The molecule has 0 saturated heterocycles. The third-order valence-electron chi connectivity index (χ3n) is 2.18. The van der Waals surface area contributed by atoms with Crippen molar-refractivity contribution in [3.8, 4) is 11.3 Å². The van der Waals surface area contributed by atoms with E-state index in [1.165, 1.54) is 30.3 Å². The molecule has 5 nitrogen and oxygen atoms in total. The van der Waals surface area contributed by atoms with Crippen molar-refractivity contribution in [1.82, 2.24) is 0 Å². The first kappa shape index (κ1) is 11.6. The summed E-state index contributed by atoms with van der Waals surface area (Å²) in [5, 5.41) is 0. The molecule has 0 atom stereocenters.